The average Bonchev–Trinajstić information content (AvgIpc) is 2.28. The molecule has 0 bridgehead atoms. The quantitative estimate of drug-likeness (QED) is 0.595. The van der Waals surface area contributed by atoms with Gasteiger partial charge < -0.3 is 10.8 Å². The van der Waals surface area contributed by atoms with E-state index in [2.05, 4.69) is 0 Å². The van der Waals surface area contributed by atoms with Crippen molar-refractivity contribution < 1.29 is 9.90 Å². The van der Waals surface area contributed by atoms with E-state index in [9.17, 15) is 4.79 Å². The van der Waals surface area contributed by atoms with Gasteiger partial charge in [-0.3, -0.25) is 0 Å². The normalized spacial score (nSPS) is 11.0. The minimum Gasteiger partial charge on any atom is -0.478 e. The number of hydrogen-bond donors (Lipinski definition) is 2. The van der Waals surface area contributed by atoms with Crippen LogP contribution in [-0.2, 0) is 4.79 Å². The molecule has 0 radical (unpaired) electrons. The van der Waals surface area contributed by atoms with Crippen molar-refractivity contribution >= 4 is 28.5 Å². The first-order valence-electron chi connectivity index (χ1n) is 4.87. The lowest BCUT2D eigenvalue weighted by Gasteiger charge is -2.04. The standard InChI is InChI=1S/C13H11NO2/c14-12-7-5-9(6-8-13(15)16)10-3-1-2-4-11(10)12/h1-8H,14H2,(H,15,16). The van der Waals surface area contributed by atoms with Crippen molar-refractivity contribution in [1.29, 1.82) is 0 Å². The van der Waals surface area contributed by atoms with Gasteiger partial charge in [-0.25, -0.2) is 4.79 Å². The van der Waals surface area contributed by atoms with Gasteiger partial charge in [-0.2, -0.15) is 0 Å². The average molecular weight is 213 g/mol. The molecule has 2 rings (SSSR count). The molecule has 0 spiro atoms. The van der Waals surface area contributed by atoms with Crippen molar-refractivity contribution in [3.8, 4) is 0 Å². The molecular formula is C13H11NO2. The molecule has 0 aliphatic heterocycles. The third kappa shape index (κ3) is 1.88. The molecule has 3 heteroatoms. The summed E-state index contributed by atoms with van der Waals surface area (Å²) in [6.07, 6.45) is 2.70. The molecule has 16 heavy (non-hydrogen) atoms. The van der Waals surface area contributed by atoms with Crippen molar-refractivity contribution in [2.45, 2.75) is 0 Å². The molecule has 80 valence electrons. The Morgan fingerprint density at radius 2 is 1.81 bits per heavy atom. The molecule has 0 amide bonds. The summed E-state index contributed by atoms with van der Waals surface area (Å²) < 4.78 is 0. The van der Waals surface area contributed by atoms with Crippen LogP contribution in [0.25, 0.3) is 16.8 Å². The van der Waals surface area contributed by atoms with Crippen LogP contribution in [0, 0.1) is 0 Å². The van der Waals surface area contributed by atoms with Gasteiger partial charge in [0, 0.05) is 17.1 Å². The van der Waals surface area contributed by atoms with Crippen LogP contribution >= 0.6 is 0 Å². The van der Waals surface area contributed by atoms with E-state index in [4.69, 9.17) is 10.8 Å². The van der Waals surface area contributed by atoms with E-state index in [1.165, 1.54) is 0 Å². The molecule has 0 heterocycles. The first-order valence-corrected chi connectivity index (χ1v) is 4.87. The second-order valence-electron chi connectivity index (χ2n) is 3.46. The maximum Gasteiger partial charge on any atom is 0.328 e. The molecule has 2 aromatic carbocycles. The van der Waals surface area contributed by atoms with Gasteiger partial charge in [0.25, 0.3) is 0 Å². The van der Waals surface area contributed by atoms with Crippen LogP contribution in [0.5, 0.6) is 0 Å². The number of fused-ring (bicyclic) bond motifs is 1. The van der Waals surface area contributed by atoms with Crippen molar-refractivity contribution in [3.05, 3.63) is 48.0 Å². The Labute approximate surface area is 92.8 Å². The molecule has 3 N–H and O–H groups in total. The summed E-state index contributed by atoms with van der Waals surface area (Å²) in [5.74, 6) is -0.957. The minimum absolute atomic E-state index is 0.697. The highest BCUT2D eigenvalue weighted by molar-refractivity contribution is 5.99. The van der Waals surface area contributed by atoms with Gasteiger partial charge in [0.15, 0.2) is 0 Å². The fourth-order valence-corrected chi connectivity index (χ4v) is 1.65. The predicted octanol–water partition coefficient (Wildman–Crippen LogP) is 2.52. The van der Waals surface area contributed by atoms with Gasteiger partial charge in [-0.15, -0.1) is 0 Å². The number of benzene rings is 2. The highest BCUT2D eigenvalue weighted by Crippen LogP contribution is 2.25. The zero-order valence-electron chi connectivity index (χ0n) is 8.55. The lowest BCUT2D eigenvalue weighted by molar-refractivity contribution is -0.131. The Balaban J connectivity index is 2.63. The summed E-state index contributed by atoms with van der Waals surface area (Å²) in [5, 5.41) is 10.5. The van der Waals surface area contributed by atoms with Gasteiger partial charge in [-0.05, 0) is 23.1 Å². The van der Waals surface area contributed by atoms with Gasteiger partial charge in [0.05, 0.1) is 0 Å². The fourth-order valence-electron chi connectivity index (χ4n) is 1.65. The molecule has 0 saturated carbocycles. The molecule has 0 unspecified atom stereocenters. The Morgan fingerprint density at radius 1 is 1.12 bits per heavy atom. The SMILES string of the molecule is Nc1ccc(C=CC(=O)O)c2ccccc12. The van der Waals surface area contributed by atoms with Gasteiger partial charge in [0.2, 0.25) is 0 Å². The minimum atomic E-state index is -0.957. The lowest BCUT2D eigenvalue weighted by Crippen LogP contribution is -1.89. The number of carbonyl (C=O) groups is 1. The van der Waals surface area contributed by atoms with Crippen LogP contribution in [0.2, 0.25) is 0 Å². The van der Waals surface area contributed by atoms with Crippen molar-refractivity contribution in [2.75, 3.05) is 5.73 Å². The first kappa shape index (κ1) is 10.2. The molecule has 3 nitrogen and oxygen atoms in total. The number of nitrogen functional groups attached to an aromatic ring is 1. The van der Waals surface area contributed by atoms with E-state index in [0.29, 0.717) is 5.69 Å². The maximum atomic E-state index is 10.5. The maximum absolute atomic E-state index is 10.5. The van der Waals surface area contributed by atoms with Crippen molar-refractivity contribution in [3.63, 3.8) is 0 Å². The largest absolute Gasteiger partial charge is 0.478 e. The summed E-state index contributed by atoms with van der Waals surface area (Å²) in [7, 11) is 0. The summed E-state index contributed by atoms with van der Waals surface area (Å²) >= 11 is 0. The number of rotatable bonds is 2. The van der Waals surface area contributed by atoms with Crippen LogP contribution in [0.4, 0.5) is 5.69 Å². The second-order valence-corrected chi connectivity index (χ2v) is 3.46. The van der Waals surface area contributed by atoms with E-state index < -0.39 is 5.97 Å². The van der Waals surface area contributed by atoms with Crippen LogP contribution in [0.3, 0.4) is 0 Å². The monoisotopic (exact) mass is 213 g/mol. The Kier molecular flexibility index (Phi) is 2.60. The molecule has 0 aromatic heterocycles. The number of nitrogens with two attached hydrogens (primary N) is 1. The summed E-state index contributed by atoms with van der Waals surface area (Å²) in [4.78, 5) is 10.5. The number of aliphatic carboxylic acids is 1. The van der Waals surface area contributed by atoms with Crippen LogP contribution in [0.1, 0.15) is 5.56 Å². The van der Waals surface area contributed by atoms with Gasteiger partial charge >= 0.3 is 5.97 Å². The molecule has 2 aromatic rings. The summed E-state index contributed by atoms with van der Waals surface area (Å²) in [6.45, 7) is 0. The molecule has 0 fully saturated rings. The van der Waals surface area contributed by atoms with E-state index in [1.807, 2.05) is 30.3 Å². The second kappa shape index (κ2) is 4.06. The number of anilines is 1. The zero-order valence-corrected chi connectivity index (χ0v) is 8.55. The molecular weight excluding hydrogens is 202 g/mol. The number of carboxylic acid groups (broad SMARTS) is 1. The fraction of sp³-hybridized carbons (Fsp3) is 0. The van der Waals surface area contributed by atoms with Crippen molar-refractivity contribution in [1.82, 2.24) is 0 Å². The summed E-state index contributed by atoms with van der Waals surface area (Å²) in [6, 6.07) is 11.3. The smallest absolute Gasteiger partial charge is 0.328 e. The first-order chi connectivity index (χ1) is 7.68. The van der Waals surface area contributed by atoms with Crippen molar-refractivity contribution in [2.24, 2.45) is 0 Å². The molecule has 0 saturated heterocycles. The summed E-state index contributed by atoms with van der Waals surface area (Å²) in [5.41, 5.74) is 7.39. The van der Waals surface area contributed by atoms with Gasteiger partial charge in [0.1, 0.15) is 0 Å². The topological polar surface area (TPSA) is 63.3 Å². The van der Waals surface area contributed by atoms with Crippen LogP contribution in [-0.4, -0.2) is 11.1 Å². The predicted molar refractivity (Wildman–Crippen MR) is 65.0 cm³/mol. The number of hydrogen-bond acceptors (Lipinski definition) is 2. The van der Waals surface area contributed by atoms with E-state index in [1.54, 1.807) is 12.1 Å². The zero-order chi connectivity index (χ0) is 11.5. The van der Waals surface area contributed by atoms with E-state index >= 15 is 0 Å². The highest BCUT2D eigenvalue weighted by atomic mass is 16.4. The van der Waals surface area contributed by atoms with E-state index in [0.717, 1.165) is 22.4 Å². The van der Waals surface area contributed by atoms with Gasteiger partial charge in [-0.1, -0.05) is 30.3 Å². The Hall–Kier alpha value is -2.29. The Bertz CT molecular complexity index is 573. The molecule has 0 aliphatic carbocycles. The number of carboxylic acids is 1. The van der Waals surface area contributed by atoms with Crippen LogP contribution < -0.4 is 5.73 Å². The van der Waals surface area contributed by atoms with E-state index in [-0.39, 0.29) is 0 Å². The lowest BCUT2D eigenvalue weighted by atomic mass is 10.0. The molecule has 0 aliphatic rings. The molecule has 0 atom stereocenters. The highest BCUT2D eigenvalue weighted by Gasteiger charge is 2.01. The Morgan fingerprint density at radius 3 is 2.50 bits per heavy atom. The third-order valence-electron chi connectivity index (χ3n) is 2.40. The third-order valence-corrected chi connectivity index (χ3v) is 2.40. The van der Waals surface area contributed by atoms with Crippen LogP contribution in [0.15, 0.2) is 42.5 Å².